The molecule has 0 aliphatic heterocycles. The molecular formula is C23H29BrClN3O4S. The lowest BCUT2D eigenvalue weighted by Crippen LogP contribution is -2.52. The van der Waals surface area contributed by atoms with Gasteiger partial charge in [-0.15, -0.1) is 0 Å². The molecule has 33 heavy (non-hydrogen) atoms. The van der Waals surface area contributed by atoms with Crippen molar-refractivity contribution in [3.63, 3.8) is 0 Å². The number of carbonyl (C=O) groups is 2. The van der Waals surface area contributed by atoms with Gasteiger partial charge in [0.15, 0.2) is 0 Å². The predicted octanol–water partition coefficient (Wildman–Crippen LogP) is 4.20. The number of carbonyl (C=O) groups excluding carboxylic acids is 2. The third kappa shape index (κ3) is 8.01. The molecule has 0 bridgehead atoms. The van der Waals surface area contributed by atoms with Crippen LogP contribution >= 0.6 is 27.5 Å². The number of hydrogen-bond donors (Lipinski definition) is 1. The van der Waals surface area contributed by atoms with Crippen LogP contribution in [0, 0.1) is 0 Å². The Morgan fingerprint density at radius 2 is 1.79 bits per heavy atom. The fraction of sp³-hybridized carbons (Fsp3) is 0.391. The summed E-state index contributed by atoms with van der Waals surface area (Å²) in [7, 11) is -3.77. The molecule has 10 heteroatoms. The number of anilines is 1. The molecule has 0 aliphatic carbocycles. The monoisotopic (exact) mass is 557 g/mol. The summed E-state index contributed by atoms with van der Waals surface area (Å²) >= 11 is 9.43. The van der Waals surface area contributed by atoms with Gasteiger partial charge in [-0.25, -0.2) is 8.42 Å². The van der Waals surface area contributed by atoms with Crippen LogP contribution in [0.5, 0.6) is 0 Å². The van der Waals surface area contributed by atoms with Crippen LogP contribution in [0.4, 0.5) is 5.69 Å². The number of nitrogens with zero attached hydrogens (tertiary/aromatic N) is 2. The molecule has 0 aromatic heterocycles. The zero-order valence-electron chi connectivity index (χ0n) is 19.1. The quantitative estimate of drug-likeness (QED) is 0.474. The van der Waals surface area contributed by atoms with Gasteiger partial charge in [-0.1, -0.05) is 52.7 Å². The molecule has 2 aromatic rings. The summed E-state index contributed by atoms with van der Waals surface area (Å²) in [5.74, 6) is -0.819. The highest BCUT2D eigenvalue weighted by molar-refractivity contribution is 9.10. The summed E-state index contributed by atoms with van der Waals surface area (Å²) in [5, 5.41) is 3.39. The Morgan fingerprint density at radius 1 is 1.12 bits per heavy atom. The Bertz CT molecular complexity index is 1100. The van der Waals surface area contributed by atoms with Gasteiger partial charge in [0.25, 0.3) is 0 Å². The molecule has 0 radical (unpaired) electrons. The third-order valence-corrected chi connectivity index (χ3v) is 7.05. The zero-order valence-corrected chi connectivity index (χ0v) is 22.2. The van der Waals surface area contributed by atoms with Crippen molar-refractivity contribution in [2.45, 2.75) is 45.8 Å². The van der Waals surface area contributed by atoms with Crippen molar-refractivity contribution >= 4 is 55.1 Å². The molecule has 7 nitrogen and oxygen atoms in total. The van der Waals surface area contributed by atoms with Crippen LogP contribution < -0.4 is 9.62 Å². The SMILES string of the molecule is CC[C@@H](C)NC(=O)[C@H](C)N(Cc1cccc(Cl)c1)C(=O)CN(c1cccc(Br)c1)S(C)(=O)=O. The van der Waals surface area contributed by atoms with Gasteiger partial charge in [-0.05, 0) is 56.2 Å². The van der Waals surface area contributed by atoms with E-state index in [0.29, 0.717) is 15.2 Å². The number of amides is 2. The van der Waals surface area contributed by atoms with Crippen LogP contribution in [-0.2, 0) is 26.2 Å². The lowest BCUT2D eigenvalue weighted by Gasteiger charge is -2.32. The normalized spacial score (nSPS) is 13.2. The average Bonchev–Trinajstić information content (AvgIpc) is 2.74. The maximum atomic E-state index is 13.4. The van der Waals surface area contributed by atoms with Crippen molar-refractivity contribution in [1.29, 1.82) is 0 Å². The molecule has 1 N–H and O–H groups in total. The number of halogens is 2. The second kappa shape index (κ2) is 11.9. The number of hydrogen-bond acceptors (Lipinski definition) is 4. The van der Waals surface area contributed by atoms with Gasteiger partial charge in [0.1, 0.15) is 12.6 Å². The standard InChI is InChI=1S/C23H29BrClN3O4S/c1-5-16(2)26-23(30)17(3)27(14-18-8-6-10-20(25)12-18)22(29)15-28(33(4,31)32)21-11-7-9-19(24)13-21/h6-13,16-17H,5,14-15H2,1-4H3,(H,26,30)/t16-,17+/m1/s1. The van der Waals surface area contributed by atoms with E-state index in [1.165, 1.54) is 4.90 Å². The largest absolute Gasteiger partial charge is 0.352 e. The molecule has 0 heterocycles. The first-order chi connectivity index (χ1) is 15.4. The molecule has 0 saturated heterocycles. The number of sulfonamides is 1. The Kier molecular flexibility index (Phi) is 9.75. The van der Waals surface area contributed by atoms with Crippen molar-refractivity contribution in [3.8, 4) is 0 Å². The first-order valence-corrected chi connectivity index (χ1v) is 13.5. The first kappa shape index (κ1) is 27.1. The molecule has 180 valence electrons. The minimum absolute atomic E-state index is 0.0581. The summed E-state index contributed by atoms with van der Waals surface area (Å²) in [6.07, 6.45) is 1.78. The minimum atomic E-state index is -3.77. The summed E-state index contributed by atoms with van der Waals surface area (Å²) in [6.45, 7) is 5.12. The molecule has 0 spiro atoms. The van der Waals surface area contributed by atoms with Crippen LogP contribution in [-0.4, -0.2) is 50.0 Å². The van der Waals surface area contributed by atoms with Gasteiger partial charge in [0.2, 0.25) is 21.8 Å². The van der Waals surface area contributed by atoms with Crippen LogP contribution in [0.1, 0.15) is 32.8 Å². The average molecular weight is 559 g/mol. The summed E-state index contributed by atoms with van der Waals surface area (Å²) < 4.78 is 26.8. The fourth-order valence-electron chi connectivity index (χ4n) is 3.13. The highest BCUT2D eigenvalue weighted by Gasteiger charge is 2.30. The number of rotatable bonds is 10. The lowest BCUT2D eigenvalue weighted by molar-refractivity contribution is -0.139. The van der Waals surface area contributed by atoms with Gasteiger partial charge in [0.05, 0.1) is 11.9 Å². The van der Waals surface area contributed by atoms with Crippen LogP contribution in [0.3, 0.4) is 0 Å². The Morgan fingerprint density at radius 3 is 2.36 bits per heavy atom. The second-order valence-electron chi connectivity index (χ2n) is 7.89. The summed E-state index contributed by atoms with van der Waals surface area (Å²) in [5.41, 5.74) is 1.08. The smallest absolute Gasteiger partial charge is 0.244 e. The maximum Gasteiger partial charge on any atom is 0.244 e. The van der Waals surface area contributed by atoms with E-state index in [0.717, 1.165) is 22.5 Å². The number of nitrogens with one attached hydrogen (secondary N) is 1. The molecule has 2 aromatic carbocycles. The van der Waals surface area contributed by atoms with E-state index >= 15 is 0 Å². The Labute approximate surface area is 209 Å². The zero-order chi connectivity index (χ0) is 24.8. The van der Waals surface area contributed by atoms with E-state index in [9.17, 15) is 18.0 Å². The van der Waals surface area contributed by atoms with Crippen molar-refractivity contribution in [3.05, 3.63) is 63.6 Å². The second-order valence-corrected chi connectivity index (χ2v) is 11.2. The molecular weight excluding hydrogens is 530 g/mol. The summed E-state index contributed by atoms with van der Waals surface area (Å²) in [6, 6.07) is 12.8. The van der Waals surface area contributed by atoms with Gasteiger partial charge in [0, 0.05) is 22.1 Å². The number of benzene rings is 2. The molecule has 2 rings (SSSR count). The van der Waals surface area contributed by atoms with Gasteiger partial charge in [-0.3, -0.25) is 13.9 Å². The van der Waals surface area contributed by atoms with E-state index in [1.807, 2.05) is 13.8 Å². The topological polar surface area (TPSA) is 86.8 Å². The van der Waals surface area contributed by atoms with Crippen molar-refractivity contribution in [2.24, 2.45) is 0 Å². The van der Waals surface area contributed by atoms with Crippen molar-refractivity contribution < 1.29 is 18.0 Å². The fourth-order valence-corrected chi connectivity index (χ4v) is 4.57. The predicted molar refractivity (Wildman–Crippen MR) is 136 cm³/mol. The van der Waals surface area contributed by atoms with Crippen LogP contribution in [0.15, 0.2) is 53.0 Å². The molecule has 0 fully saturated rings. The van der Waals surface area contributed by atoms with Crippen LogP contribution in [0.25, 0.3) is 0 Å². The van der Waals surface area contributed by atoms with Gasteiger partial charge in [-0.2, -0.15) is 0 Å². The van der Waals surface area contributed by atoms with E-state index in [-0.39, 0.29) is 18.5 Å². The first-order valence-electron chi connectivity index (χ1n) is 10.5. The van der Waals surface area contributed by atoms with Crippen LogP contribution in [0.2, 0.25) is 5.02 Å². The van der Waals surface area contributed by atoms with Crippen molar-refractivity contribution in [2.75, 3.05) is 17.1 Å². The molecule has 0 saturated carbocycles. The third-order valence-electron chi connectivity index (χ3n) is 5.19. The molecule has 2 atom stereocenters. The van der Waals surface area contributed by atoms with Crippen molar-refractivity contribution in [1.82, 2.24) is 10.2 Å². The van der Waals surface area contributed by atoms with Gasteiger partial charge < -0.3 is 10.2 Å². The molecule has 2 amide bonds. The van der Waals surface area contributed by atoms with E-state index in [2.05, 4.69) is 21.2 Å². The van der Waals surface area contributed by atoms with E-state index < -0.39 is 28.5 Å². The molecule has 0 aliphatic rings. The highest BCUT2D eigenvalue weighted by Crippen LogP contribution is 2.23. The highest BCUT2D eigenvalue weighted by atomic mass is 79.9. The Balaban J connectivity index is 2.38. The van der Waals surface area contributed by atoms with Gasteiger partial charge >= 0.3 is 0 Å². The van der Waals surface area contributed by atoms with E-state index in [1.54, 1.807) is 55.5 Å². The molecule has 0 unspecified atom stereocenters. The lowest BCUT2D eigenvalue weighted by atomic mass is 10.1. The van der Waals surface area contributed by atoms with E-state index in [4.69, 9.17) is 11.6 Å². The minimum Gasteiger partial charge on any atom is -0.352 e. The maximum absolute atomic E-state index is 13.4. The Hall–Kier alpha value is -2.10. The summed E-state index contributed by atoms with van der Waals surface area (Å²) in [4.78, 5) is 27.7.